The number of anilines is 3. The Morgan fingerprint density at radius 3 is 2.70 bits per heavy atom. The SMILES string of the molecule is O=C(NCC(F)F)C1CCN(c2nccc(Nc3ccccc3Cl)n2)CC1. The average molecular weight is 396 g/mol. The second-order valence-electron chi connectivity index (χ2n) is 6.24. The largest absolute Gasteiger partial charge is 0.350 e. The fourth-order valence-corrected chi connectivity index (χ4v) is 3.12. The number of benzene rings is 1. The maximum absolute atomic E-state index is 12.2. The number of halogens is 3. The van der Waals surface area contributed by atoms with Gasteiger partial charge in [-0.3, -0.25) is 4.79 Å². The van der Waals surface area contributed by atoms with Gasteiger partial charge in [0.25, 0.3) is 6.43 Å². The third-order valence-corrected chi connectivity index (χ3v) is 4.69. The highest BCUT2D eigenvalue weighted by atomic mass is 35.5. The Hall–Kier alpha value is -2.48. The number of piperidine rings is 1. The fourth-order valence-electron chi connectivity index (χ4n) is 2.93. The monoisotopic (exact) mass is 395 g/mol. The number of nitrogens with one attached hydrogen (secondary N) is 2. The number of carbonyl (C=O) groups is 1. The zero-order valence-electron chi connectivity index (χ0n) is 14.5. The Morgan fingerprint density at radius 1 is 1.26 bits per heavy atom. The van der Waals surface area contributed by atoms with E-state index in [4.69, 9.17) is 11.6 Å². The zero-order chi connectivity index (χ0) is 19.2. The summed E-state index contributed by atoms with van der Waals surface area (Å²) in [7, 11) is 0. The average Bonchev–Trinajstić information content (AvgIpc) is 2.68. The number of para-hydroxylation sites is 1. The van der Waals surface area contributed by atoms with Crippen molar-refractivity contribution in [2.75, 3.05) is 29.9 Å². The summed E-state index contributed by atoms with van der Waals surface area (Å²) in [5.41, 5.74) is 0.748. The normalized spacial score (nSPS) is 15.0. The molecule has 1 amide bonds. The molecule has 0 aliphatic carbocycles. The molecule has 0 spiro atoms. The van der Waals surface area contributed by atoms with E-state index in [0.29, 0.717) is 42.7 Å². The highest BCUT2D eigenvalue weighted by Gasteiger charge is 2.26. The minimum atomic E-state index is -2.53. The van der Waals surface area contributed by atoms with Crippen molar-refractivity contribution in [1.82, 2.24) is 15.3 Å². The topological polar surface area (TPSA) is 70.2 Å². The molecule has 1 aliphatic heterocycles. The lowest BCUT2D eigenvalue weighted by molar-refractivity contribution is -0.126. The summed E-state index contributed by atoms with van der Waals surface area (Å²) in [5, 5.41) is 6.04. The Morgan fingerprint density at radius 2 is 2.00 bits per heavy atom. The van der Waals surface area contributed by atoms with Gasteiger partial charge in [0, 0.05) is 25.2 Å². The highest BCUT2D eigenvalue weighted by molar-refractivity contribution is 6.33. The molecule has 0 radical (unpaired) electrons. The van der Waals surface area contributed by atoms with E-state index in [1.165, 1.54) is 0 Å². The van der Waals surface area contributed by atoms with Crippen LogP contribution in [-0.2, 0) is 4.79 Å². The minimum Gasteiger partial charge on any atom is -0.350 e. The van der Waals surface area contributed by atoms with Crippen LogP contribution in [-0.4, -0.2) is 41.9 Å². The van der Waals surface area contributed by atoms with Crippen LogP contribution in [0, 0.1) is 5.92 Å². The maximum Gasteiger partial charge on any atom is 0.255 e. The summed E-state index contributed by atoms with van der Waals surface area (Å²) >= 11 is 6.15. The van der Waals surface area contributed by atoms with Crippen LogP contribution < -0.4 is 15.5 Å². The lowest BCUT2D eigenvalue weighted by atomic mass is 9.96. The highest BCUT2D eigenvalue weighted by Crippen LogP contribution is 2.25. The van der Waals surface area contributed by atoms with Gasteiger partial charge in [-0.05, 0) is 31.0 Å². The fraction of sp³-hybridized carbons (Fsp3) is 0.389. The van der Waals surface area contributed by atoms with Gasteiger partial charge < -0.3 is 15.5 Å². The molecule has 0 bridgehead atoms. The summed E-state index contributed by atoms with van der Waals surface area (Å²) in [4.78, 5) is 22.7. The van der Waals surface area contributed by atoms with E-state index in [0.717, 1.165) is 5.69 Å². The molecular weight excluding hydrogens is 376 g/mol. The van der Waals surface area contributed by atoms with E-state index < -0.39 is 13.0 Å². The first-order valence-corrected chi connectivity index (χ1v) is 9.06. The van der Waals surface area contributed by atoms with Crippen molar-refractivity contribution in [2.24, 2.45) is 5.92 Å². The summed E-state index contributed by atoms with van der Waals surface area (Å²) in [6.07, 6.45) is 0.264. The molecule has 0 unspecified atom stereocenters. The Labute approximate surface area is 160 Å². The van der Waals surface area contributed by atoms with Crippen molar-refractivity contribution in [3.8, 4) is 0 Å². The molecule has 0 saturated carbocycles. The molecule has 1 aromatic carbocycles. The summed E-state index contributed by atoms with van der Waals surface area (Å²) in [5.74, 6) is 0.595. The molecule has 144 valence electrons. The van der Waals surface area contributed by atoms with E-state index in [9.17, 15) is 13.6 Å². The van der Waals surface area contributed by atoms with Crippen LogP contribution in [0.2, 0.25) is 5.02 Å². The van der Waals surface area contributed by atoms with Crippen molar-refractivity contribution in [3.63, 3.8) is 0 Å². The summed E-state index contributed by atoms with van der Waals surface area (Å²) < 4.78 is 24.4. The van der Waals surface area contributed by atoms with E-state index in [1.807, 2.05) is 23.1 Å². The third-order valence-electron chi connectivity index (χ3n) is 4.36. The minimum absolute atomic E-state index is 0.260. The van der Waals surface area contributed by atoms with E-state index in [1.54, 1.807) is 18.3 Å². The predicted octanol–water partition coefficient (Wildman–Crippen LogP) is 3.47. The standard InChI is InChI=1S/C18H20ClF2N5O/c19-13-3-1-2-4-14(13)24-16-5-8-22-18(25-16)26-9-6-12(7-10-26)17(27)23-11-15(20)21/h1-5,8,12,15H,6-7,9-11H2,(H,23,27)(H,22,24,25). The summed E-state index contributed by atoms with van der Waals surface area (Å²) in [6.45, 7) is 0.572. The van der Waals surface area contributed by atoms with Crippen LogP contribution >= 0.6 is 11.6 Å². The maximum atomic E-state index is 12.2. The van der Waals surface area contributed by atoms with Crippen LogP contribution in [0.15, 0.2) is 36.5 Å². The molecular formula is C18H20ClF2N5O. The Balaban J connectivity index is 1.58. The van der Waals surface area contributed by atoms with Gasteiger partial charge in [0.1, 0.15) is 5.82 Å². The number of nitrogens with zero attached hydrogens (tertiary/aromatic N) is 3. The molecule has 3 rings (SSSR count). The molecule has 1 aromatic heterocycles. The molecule has 9 heteroatoms. The molecule has 6 nitrogen and oxygen atoms in total. The third kappa shape index (κ3) is 5.26. The second-order valence-corrected chi connectivity index (χ2v) is 6.65. The molecule has 2 aromatic rings. The van der Waals surface area contributed by atoms with Gasteiger partial charge in [-0.15, -0.1) is 0 Å². The van der Waals surface area contributed by atoms with Crippen LogP contribution in [0.5, 0.6) is 0 Å². The quantitative estimate of drug-likeness (QED) is 0.783. The van der Waals surface area contributed by atoms with Crippen molar-refractivity contribution >= 4 is 35.0 Å². The number of amides is 1. The first-order valence-electron chi connectivity index (χ1n) is 8.68. The number of hydrogen-bond acceptors (Lipinski definition) is 5. The number of carbonyl (C=O) groups excluding carboxylic acids is 1. The Kier molecular flexibility index (Phi) is 6.39. The predicted molar refractivity (Wildman–Crippen MR) is 101 cm³/mol. The smallest absolute Gasteiger partial charge is 0.255 e. The van der Waals surface area contributed by atoms with Crippen molar-refractivity contribution in [2.45, 2.75) is 19.3 Å². The van der Waals surface area contributed by atoms with Crippen LogP contribution in [0.25, 0.3) is 0 Å². The zero-order valence-corrected chi connectivity index (χ0v) is 15.3. The second kappa shape index (κ2) is 8.94. The lowest BCUT2D eigenvalue weighted by Crippen LogP contribution is -2.42. The van der Waals surface area contributed by atoms with Gasteiger partial charge in [-0.25, -0.2) is 13.8 Å². The molecule has 2 heterocycles. The first kappa shape index (κ1) is 19.3. The first-order chi connectivity index (χ1) is 13.0. The van der Waals surface area contributed by atoms with Gasteiger partial charge in [0.15, 0.2) is 0 Å². The molecule has 0 atom stereocenters. The van der Waals surface area contributed by atoms with Crippen LogP contribution in [0.1, 0.15) is 12.8 Å². The number of hydrogen-bond donors (Lipinski definition) is 2. The van der Waals surface area contributed by atoms with Crippen LogP contribution in [0.3, 0.4) is 0 Å². The lowest BCUT2D eigenvalue weighted by Gasteiger charge is -2.31. The van der Waals surface area contributed by atoms with Crippen molar-refractivity contribution in [3.05, 3.63) is 41.6 Å². The van der Waals surface area contributed by atoms with E-state index in [2.05, 4.69) is 20.6 Å². The van der Waals surface area contributed by atoms with Crippen LogP contribution in [0.4, 0.5) is 26.2 Å². The number of aromatic nitrogens is 2. The number of alkyl halides is 2. The molecule has 1 aliphatic rings. The summed E-state index contributed by atoms with van der Waals surface area (Å²) in [6, 6.07) is 9.11. The Bertz CT molecular complexity index is 784. The molecule has 1 fully saturated rings. The van der Waals surface area contributed by atoms with Gasteiger partial charge >= 0.3 is 0 Å². The van der Waals surface area contributed by atoms with E-state index >= 15 is 0 Å². The van der Waals surface area contributed by atoms with Gasteiger partial charge in [-0.2, -0.15) is 4.98 Å². The van der Waals surface area contributed by atoms with Gasteiger partial charge in [0.05, 0.1) is 17.3 Å². The van der Waals surface area contributed by atoms with Crippen molar-refractivity contribution in [1.29, 1.82) is 0 Å². The van der Waals surface area contributed by atoms with Crippen molar-refractivity contribution < 1.29 is 13.6 Å². The van der Waals surface area contributed by atoms with Gasteiger partial charge in [0.2, 0.25) is 11.9 Å². The van der Waals surface area contributed by atoms with E-state index in [-0.39, 0.29) is 11.8 Å². The molecule has 1 saturated heterocycles. The molecule has 2 N–H and O–H groups in total. The molecule has 27 heavy (non-hydrogen) atoms. The number of rotatable bonds is 6. The van der Waals surface area contributed by atoms with Gasteiger partial charge in [-0.1, -0.05) is 23.7 Å².